The van der Waals surface area contributed by atoms with Crippen LogP contribution in [0.25, 0.3) is 0 Å². The summed E-state index contributed by atoms with van der Waals surface area (Å²) in [6.45, 7) is 0. The molecule has 19 heavy (non-hydrogen) atoms. The predicted molar refractivity (Wildman–Crippen MR) is 85.5 cm³/mol. The Morgan fingerprint density at radius 1 is 1.37 bits per heavy atom. The molecule has 1 amide bonds. The number of alkyl halides is 1. The van der Waals surface area contributed by atoms with Crippen LogP contribution in [0.1, 0.15) is 31.2 Å². The Labute approximate surface area is 131 Å². The highest BCUT2D eigenvalue weighted by Crippen LogP contribution is 2.25. The molecule has 2 rings (SSSR count). The van der Waals surface area contributed by atoms with Gasteiger partial charge in [0.05, 0.1) is 6.42 Å². The van der Waals surface area contributed by atoms with Crippen LogP contribution in [0.5, 0.6) is 0 Å². The fourth-order valence-corrected chi connectivity index (χ4v) is 3.71. The van der Waals surface area contributed by atoms with Gasteiger partial charge in [0.15, 0.2) is 0 Å². The summed E-state index contributed by atoms with van der Waals surface area (Å²) < 4.78 is 1.02. The van der Waals surface area contributed by atoms with Crippen LogP contribution in [0, 0.1) is 5.92 Å². The average Bonchev–Trinajstić information content (AvgIpc) is 2.38. The standard InChI is InChI=1S/C15H19Br2NO/c16-10-12-4-2-6-14(8-12)18-15(19)9-11-3-1-5-13(17)7-11/h1,3,5,7,12,14H,2,4,6,8-10H2,(H,18,19). The van der Waals surface area contributed by atoms with Crippen molar-refractivity contribution in [2.75, 3.05) is 5.33 Å². The predicted octanol–water partition coefficient (Wildman–Crippen LogP) is 4.06. The number of benzene rings is 1. The van der Waals surface area contributed by atoms with Crippen molar-refractivity contribution in [2.45, 2.75) is 38.1 Å². The average molecular weight is 389 g/mol. The molecule has 1 aromatic rings. The third-order valence-electron chi connectivity index (χ3n) is 3.62. The van der Waals surface area contributed by atoms with Crippen LogP contribution in [-0.4, -0.2) is 17.3 Å². The molecule has 2 atom stereocenters. The first-order chi connectivity index (χ1) is 9.17. The molecule has 1 aliphatic rings. The number of carbonyl (C=O) groups excluding carboxylic acids is 1. The van der Waals surface area contributed by atoms with Crippen molar-refractivity contribution in [3.05, 3.63) is 34.3 Å². The molecule has 4 heteroatoms. The second kappa shape index (κ2) is 7.44. The SMILES string of the molecule is O=C(Cc1cccc(Br)c1)NC1CCCC(CBr)C1. The van der Waals surface area contributed by atoms with E-state index in [9.17, 15) is 4.79 Å². The van der Waals surface area contributed by atoms with Gasteiger partial charge >= 0.3 is 0 Å². The molecule has 2 nitrogen and oxygen atoms in total. The van der Waals surface area contributed by atoms with Crippen LogP contribution in [0.2, 0.25) is 0 Å². The zero-order valence-electron chi connectivity index (χ0n) is 10.9. The van der Waals surface area contributed by atoms with Crippen molar-refractivity contribution in [3.63, 3.8) is 0 Å². The van der Waals surface area contributed by atoms with Crippen molar-refractivity contribution in [3.8, 4) is 0 Å². The van der Waals surface area contributed by atoms with Crippen LogP contribution in [0.4, 0.5) is 0 Å². The van der Waals surface area contributed by atoms with Gasteiger partial charge in [-0.1, -0.05) is 50.4 Å². The third kappa shape index (κ3) is 4.92. The first-order valence-electron chi connectivity index (χ1n) is 6.77. The molecule has 0 spiro atoms. The number of amides is 1. The molecule has 1 N–H and O–H groups in total. The molecule has 0 aliphatic heterocycles. The Balaban J connectivity index is 1.84. The maximum atomic E-state index is 12.0. The minimum absolute atomic E-state index is 0.137. The van der Waals surface area contributed by atoms with Gasteiger partial charge in [-0.25, -0.2) is 0 Å². The van der Waals surface area contributed by atoms with Gasteiger partial charge in [-0.3, -0.25) is 4.79 Å². The molecule has 0 saturated heterocycles. The van der Waals surface area contributed by atoms with E-state index < -0.39 is 0 Å². The van der Waals surface area contributed by atoms with Crippen molar-refractivity contribution in [1.29, 1.82) is 0 Å². The van der Waals surface area contributed by atoms with Gasteiger partial charge in [0.25, 0.3) is 0 Å². The fourth-order valence-electron chi connectivity index (χ4n) is 2.67. The van der Waals surface area contributed by atoms with Crippen molar-refractivity contribution in [2.24, 2.45) is 5.92 Å². The fraction of sp³-hybridized carbons (Fsp3) is 0.533. The number of nitrogens with one attached hydrogen (secondary N) is 1. The molecule has 0 heterocycles. The van der Waals surface area contributed by atoms with Gasteiger partial charge in [0, 0.05) is 15.8 Å². The first kappa shape index (κ1) is 15.0. The molecule has 1 aliphatic carbocycles. The highest BCUT2D eigenvalue weighted by molar-refractivity contribution is 9.10. The lowest BCUT2D eigenvalue weighted by molar-refractivity contribution is -0.121. The molecular formula is C15H19Br2NO. The summed E-state index contributed by atoms with van der Waals surface area (Å²) >= 11 is 6.98. The van der Waals surface area contributed by atoms with Crippen LogP contribution >= 0.6 is 31.9 Å². The summed E-state index contributed by atoms with van der Waals surface area (Å²) in [6.07, 6.45) is 5.19. The molecule has 0 aromatic heterocycles. The third-order valence-corrected chi connectivity index (χ3v) is 5.03. The number of halogens is 2. The van der Waals surface area contributed by atoms with Crippen molar-refractivity contribution in [1.82, 2.24) is 5.32 Å². The van der Waals surface area contributed by atoms with E-state index >= 15 is 0 Å². The van der Waals surface area contributed by atoms with Gasteiger partial charge in [-0.2, -0.15) is 0 Å². The molecule has 1 aromatic carbocycles. The Hall–Kier alpha value is -0.350. The summed E-state index contributed by atoms with van der Waals surface area (Å²) in [4.78, 5) is 12.0. The molecule has 0 bridgehead atoms. The monoisotopic (exact) mass is 387 g/mol. The number of rotatable bonds is 4. The van der Waals surface area contributed by atoms with Gasteiger partial charge in [-0.05, 0) is 42.9 Å². The molecule has 2 unspecified atom stereocenters. The van der Waals surface area contributed by atoms with E-state index in [1.54, 1.807) is 0 Å². The summed E-state index contributed by atoms with van der Waals surface area (Å²) in [5.41, 5.74) is 1.06. The molecular weight excluding hydrogens is 370 g/mol. The van der Waals surface area contributed by atoms with Gasteiger partial charge < -0.3 is 5.32 Å². The zero-order valence-corrected chi connectivity index (χ0v) is 14.0. The Morgan fingerprint density at radius 3 is 2.95 bits per heavy atom. The summed E-state index contributed by atoms with van der Waals surface area (Å²) in [5.74, 6) is 0.850. The van der Waals surface area contributed by atoms with Crippen molar-refractivity contribution >= 4 is 37.8 Å². The van der Waals surface area contributed by atoms with Gasteiger partial charge in [0.2, 0.25) is 5.91 Å². The topological polar surface area (TPSA) is 29.1 Å². The van der Waals surface area contributed by atoms with Crippen LogP contribution in [-0.2, 0) is 11.2 Å². The largest absolute Gasteiger partial charge is 0.353 e. The summed E-state index contributed by atoms with van der Waals surface area (Å²) in [6, 6.07) is 8.29. The zero-order chi connectivity index (χ0) is 13.7. The number of hydrogen-bond donors (Lipinski definition) is 1. The van der Waals surface area contributed by atoms with Crippen LogP contribution in [0.3, 0.4) is 0 Å². The van der Waals surface area contributed by atoms with E-state index in [2.05, 4.69) is 37.2 Å². The Kier molecular flexibility index (Phi) is 5.89. The lowest BCUT2D eigenvalue weighted by Gasteiger charge is -2.28. The molecule has 104 valence electrons. The highest BCUT2D eigenvalue weighted by Gasteiger charge is 2.22. The minimum Gasteiger partial charge on any atom is -0.353 e. The second-order valence-electron chi connectivity index (χ2n) is 5.26. The van der Waals surface area contributed by atoms with Gasteiger partial charge in [-0.15, -0.1) is 0 Å². The quantitative estimate of drug-likeness (QED) is 0.774. The second-order valence-corrected chi connectivity index (χ2v) is 6.82. The van der Waals surface area contributed by atoms with Crippen LogP contribution < -0.4 is 5.32 Å². The lowest BCUT2D eigenvalue weighted by Crippen LogP contribution is -2.39. The van der Waals surface area contributed by atoms with E-state index in [0.29, 0.717) is 18.4 Å². The number of hydrogen-bond acceptors (Lipinski definition) is 1. The van der Waals surface area contributed by atoms with Gasteiger partial charge in [0.1, 0.15) is 0 Å². The Morgan fingerprint density at radius 2 is 2.21 bits per heavy atom. The normalized spacial score (nSPS) is 23.1. The first-order valence-corrected chi connectivity index (χ1v) is 8.68. The smallest absolute Gasteiger partial charge is 0.224 e. The molecule has 0 radical (unpaired) electrons. The Bertz CT molecular complexity index is 436. The van der Waals surface area contributed by atoms with E-state index in [1.165, 1.54) is 12.8 Å². The highest BCUT2D eigenvalue weighted by atomic mass is 79.9. The van der Waals surface area contributed by atoms with E-state index in [4.69, 9.17) is 0 Å². The maximum absolute atomic E-state index is 12.0. The summed E-state index contributed by atoms with van der Waals surface area (Å²) in [5, 5.41) is 4.22. The lowest BCUT2D eigenvalue weighted by atomic mass is 9.87. The van der Waals surface area contributed by atoms with E-state index in [-0.39, 0.29) is 5.91 Å². The van der Waals surface area contributed by atoms with E-state index in [1.807, 2.05) is 24.3 Å². The maximum Gasteiger partial charge on any atom is 0.224 e. The molecule has 1 saturated carbocycles. The minimum atomic E-state index is 0.137. The summed E-state index contributed by atoms with van der Waals surface area (Å²) in [7, 11) is 0. The van der Waals surface area contributed by atoms with Crippen LogP contribution in [0.15, 0.2) is 28.7 Å². The molecule has 1 fully saturated rings. The number of carbonyl (C=O) groups is 1. The van der Waals surface area contributed by atoms with E-state index in [0.717, 1.165) is 28.2 Å². The van der Waals surface area contributed by atoms with Crippen molar-refractivity contribution < 1.29 is 4.79 Å².